The van der Waals surface area contributed by atoms with Crippen molar-refractivity contribution in [2.75, 3.05) is 11.9 Å². The molecule has 18 heavy (non-hydrogen) atoms. The van der Waals surface area contributed by atoms with E-state index < -0.39 is 0 Å². The van der Waals surface area contributed by atoms with Crippen molar-refractivity contribution < 1.29 is 0 Å². The zero-order valence-electron chi connectivity index (χ0n) is 11.3. The molecule has 5 nitrogen and oxygen atoms in total. The number of hydrogen-bond acceptors (Lipinski definition) is 5. The van der Waals surface area contributed by atoms with Crippen molar-refractivity contribution >= 4 is 16.7 Å². The summed E-state index contributed by atoms with van der Waals surface area (Å²) in [6.07, 6.45) is 2.75. The Kier molecular flexibility index (Phi) is 3.65. The molecule has 0 aromatic carbocycles. The van der Waals surface area contributed by atoms with Crippen LogP contribution in [0.25, 0.3) is 0 Å². The van der Waals surface area contributed by atoms with Gasteiger partial charge in [-0.25, -0.2) is 4.98 Å². The van der Waals surface area contributed by atoms with Gasteiger partial charge in [-0.15, -0.1) is 0 Å². The van der Waals surface area contributed by atoms with Crippen molar-refractivity contribution in [3.05, 3.63) is 23.8 Å². The summed E-state index contributed by atoms with van der Waals surface area (Å²) >= 11 is 1.42. The van der Waals surface area contributed by atoms with Gasteiger partial charge in [0.15, 0.2) is 0 Å². The SMILES string of the molecule is Cn1nccc1CCNc1nc(C(C)(C)C)ns1. The standard InChI is InChI=1S/C12H19N5S/c1-12(2,3)10-15-11(18-16-10)13-7-5-9-6-8-14-17(9)4/h6,8H,5,7H2,1-4H3,(H,13,15,16). The van der Waals surface area contributed by atoms with Gasteiger partial charge in [0.1, 0.15) is 5.82 Å². The van der Waals surface area contributed by atoms with Gasteiger partial charge in [0.05, 0.1) is 0 Å². The predicted molar refractivity (Wildman–Crippen MR) is 74.0 cm³/mol. The van der Waals surface area contributed by atoms with E-state index in [0.717, 1.165) is 23.9 Å². The minimum Gasteiger partial charge on any atom is -0.360 e. The third-order valence-corrected chi connectivity index (χ3v) is 3.35. The number of anilines is 1. The summed E-state index contributed by atoms with van der Waals surface area (Å²) in [4.78, 5) is 4.50. The van der Waals surface area contributed by atoms with Crippen LogP contribution < -0.4 is 5.32 Å². The van der Waals surface area contributed by atoms with E-state index in [2.05, 4.69) is 40.5 Å². The topological polar surface area (TPSA) is 55.6 Å². The third-order valence-electron chi connectivity index (χ3n) is 2.68. The quantitative estimate of drug-likeness (QED) is 0.921. The monoisotopic (exact) mass is 265 g/mol. The first-order valence-corrected chi connectivity index (χ1v) is 6.79. The molecular formula is C12H19N5S. The molecule has 0 radical (unpaired) electrons. The number of aryl methyl sites for hydroxylation is 1. The molecule has 6 heteroatoms. The van der Waals surface area contributed by atoms with Gasteiger partial charge in [0.2, 0.25) is 5.13 Å². The normalized spacial score (nSPS) is 11.8. The Morgan fingerprint density at radius 2 is 2.17 bits per heavy atom. The van der Waals surface area contributed by atoms with E-state index >= 15 is 0 Å². The zero-order chi connectivity index (χ0) is 13.2. The van der Waals surface area contributed by atoms with Crippen LogP contribution in [0.5, 0.6) is 0 Å². The van der Waals surface area contributed by atoms with Crippen LogP contribution in [-0.2, 0) is 18.9 Å². The number of hydrogen-bond donors (Lipinski definition) is 1. The van der Waals surface area contributed by atoms with E-state index in [4.69, 9.17) is 0 Å². The van der Waals surface area contributed by atoms with Gasteiger partial charge >= 0.3 is 0 Å². The smallest absolute Gasteiger partial charge is 0.202 e. The Hall–Kier alpha value is -1.43. The van der Waals surface area contributed by atoms with E-state index in [1.54, 1.807) is 0 Å². The molecule has 98 valence electrons. The lowest BCUT2D eigenvalue weighted by atomic mass is 9.96. The average molecular weight is 265 g/mol. The summed E-state index contributed by atoms with van der Waals surface area (Å²) in [5, 5.41) is 8.34. The average Bonchev–Trinajstić information content (AvgIpc) is 2.88. The van der Waals surface area contributed by atoms with Crippen molar-refractivity contribution in [2.45, 2.75) is 32.6 Å². The fourth-order valence-electron chi connectivity index (χ4n) is 1.54. The first-order chi connectivity index (χ1) is 8.47. The van der Waals surface area contributed by atoms with Gasteiger partial charge < -0.3 is 5.32 Å². The molecule has 0 aliphatic rings. The second-order valence-electron chi connectivity index (χ2n) is 5.30. The van der Waals surface area contributed by atoms with Crippen molar-refractivity contribution in [1.82, 2.24) is 19.1 Å². The molecule has 0 amide bonds. The highest BCUT2D eigenvalue weighted by Crippen LogP contribution is 2.22. The van der Waals surface area contributed by atoms with Crippen molar-refractivity contribution in [3.63, 3.8) is 0 Å². The van der Waals surface area contributed by atoms with Crippen LogP contribution in [-0.4, -0.2) is 25.7 Å². The summed E-state index contributed by atoms with van der Waals surface area (Å²) in [5.74, 6) is 0.899. The van der Waals surface area contributed by atoms with Crippen molar-refractivity contribution in [3.8, 4) is 0 Å². The molecule has 0 saturated carbocycles. The lowest BCUT2D eigenvalue weighted by Gasteiger charge is -2.12. The second kappa shape index (κ2) is 5.06. The molecule has 0 bridgehead atoms. The Morgan fingerprint density at radius 3 is 2.72 bits per heavy atom. The van der Waals surface area contributed by atoms with Crippen LogP contribution in [0, 0.1) is 0 Å². The van der Waals surface area contributed by atoms with Crippen molar-refractivity contribution in [1.29, 1.82) is 0 Å². The molecule has 2 rings (SSSR count). The van der Waals surface area contributed by atoms with Gasteiger partial charge in [0, 0.05) is 48.9 Å². The van der Waals surface area contributed by atoms with Gasteiger partial charge in [0.25, 0.3) is 0 Å². The van der Waals surface area contributed by atoms with E-state index in [1.807, 2.05) is 24.0 Å². The number of nitrogens with one attached hydrogen (secondary N) is 1. The van der Waals surface area contributed by atoms with Gasteiger partial charge in [-0.1, -0.05) is 20.8 Å². The zero-order valence-corrected chi connectivity index (χ0v) is 12.1. The molecule has 2 aromatic rings. The maximum atomic E-state index is 4.50. The molecular weight excluding hydrogens is 246 g/mol. The highest BCUT2D eigenvalue weighted by atomic mass is 32.1. The van der Waals surface area contributed by atoms with Crippen molar-refractivity contribution in [2.24, 2.45) is 7.05 Å². The summed E-state index contributed by atoms with van der Waals surface area (Å²) in [5.41, 5.74) is 1.22. The largest absolute Gasteiger partial charge is 0.360 e. The minimum atomic E-state index is 0.0124. The van der Waals surface area contributed by atoms with Gasteiger partial charge in [-0.3, -0.25) is 4.68 Å². The fourth-order valence-corrected chi connectivity index (χ4v) is 2.33. The molecule has 0 atom stereocenters. The Morgan fingerprint density at radius 1 is 1.39 bits per heavy atom. The van der Waals surface area contributed by atoms with Gasteiger partial charge in [-0.05, 0) is 6.07 Å². The van der Waals surface area contributed by atoms with Gasteiger partial charge in [-0.2, -0.15) is 9.47 Å². The lowest BCUT2D eigenvalue weighted by Crippen LogP contribution is -2.13. The lowest BCUT2D eigenvalue weighted by molar-refractivity contribution is 0.555. The molecule has 0 spiro atoms. The summed E-state index contributed by atoms with van der Waals surface area (Å²) in [6, 6.07) is 2.03. The maximum absolute atomic E-state index is 4.50. The van der Waals surface area contributed by atoms with E-state index in [1.165, 1.54) is 17.2 Å². The first-order valence-electron chi connectivity index (χ1n) is 6.02. The second-order valence-corrected chi connectivity index (χ2v) is 6.05. The highest BCUT2D eigenvalue weighted by Gasteiger charge is 2.19. The molecule has 0 aliphatic heterocycles. The minimum absolute atomic E-state index is 0.0124. The van der Waals surface area contributed by atoms with Crippen LogP contribution in [0.1, 0.15) is 32.3 Å². The fraction of sp³-hybridized carbons (Fsp3) is 0.583. The van der Waals surface area contributed by atoms with Crippen LogP contribution in [0.4, 0.5) is 5.13 Å². The highest BCUT2D eigenvalue weighted by molar-refractivity contribution is 7.09. The van der Waals surface area contributed by atoms with E-state index in [-0.39, 0.29) is 5.41 Å². The van der Waals surface area contributed by atoms with E-state index in [9.17, 15) is 0 Å². The van der Waals surface area contributed by atoms with Crippen LogP contribution in [0.15, 0.2) is 12.3 Å². The molecule has 0 fully saturated rings. The summed E-state index contributed by atoms with van der Waals surface area (Å²) < 4.78 is 6.26. The Labute approximate surface area is 111 Å². The predicted octanol–water partition coefficient (Wildman–Crippen LogP) is 2.22. The number of nitrogens with zero attached hydrogens (tertiary/aromatic N) is 4. The van der Waals surface area contributed by atoms with Crippen LogP contribution in [0.3, 0.4) is 0 Å². The summed E-state index contributed by atoms with van der Waals surface area (Å²) in [6.45, 7) is 7.20. The number of aromatic nitrogens is 4. The van der Waals surface area contributed by atoms with Crippen LogP contribution in [0.2, 0.25) is 0 Å². The molecule has 2 aromatic heterocycles. The number of rotatable bonds is 4. The summed E-state index contributed by atoms with van der Waals surface area (Å²) in [7, 11) is 1.96. The Balaban J connectivity index is 1.88. The molecule has 0 aliphatic carbocycles. The molecule has 1 N–H and O–H groups in total. The first kappa shape index (κ1) is 13.0. The molecule has 2 heterocycles. The van der Waals surface area contributed by atoms with E-state index in [0.29, 0.717) is 0 Å². The Bertz CT molecular complexity index is 509. The molecule has 0 saturated heterocycles. The molecule has 0 unspecified atom stereocenters. The maximum Gasteiger partial charge on any atom is 0.202 e. The third kappa shape index (κ3) is 3.07. The van der Waals surface area contributed by atoms with Crippen LogP contribution >= 0.6 is 11.5 Å².